The van der Waals surface area contributed by atoms with Gasteiger partial charge in [-0.25, -0.2) is 9.18 Å². The minimum absolute atomic E-state index is 0.165. The molecule has 0 radical (unpaired) electrons. The zero-order chi connectivity index (χ0) is 10.2. The molecule has 13 heavy (non-hydrogen) atoms. The van der Waals surface area contributed by atoms with Crippen LogP contribution < -0.4 is 5.73 Å². The lowest BCUT2D eigenvalue weighted by Crippen LogP contribution is -2.06. The molecule has 0 bridgehead atoms. The van der Waals surface area contributed by atoms with E-state index >= 15 is 0 Å². The van der Waals surface area contributed by atoms with Crippen LogP contribution in [-0.2, 0) is 0 Å². The number of carboxylic acid groups (broad SMARTS) is 1. The fraction of sp³-hybridized carbons (Fsp3) is 0. The van der Waals surface area contributed by atoms with Gasteiger partial charge in [0.1, 0.15) is 5.56 Å². The second-order valence-corrected chi connectivity index (χ2v) is 3.49. The van der Waals surface area contributed by atoms with E-state index in [1.54, 1.807) is 0 Å². The summed E-state index contributed by atoms with van der Waals surface area (Å²) in [5, 5.41) is 8.28. The number of nitrogen functional groups attached to an aromatic ring is 1. The standard InChI is InChI=1S/C7H4BrClFNO2/c8-2-1-3(11)4(7(12)13)6(10)5(2)9/h1H,11H2,(H,12,13). The van der Waals surface area contributed by atoms with Gasteiger partial charge in [0.05, 0.1) is 10.7 Å². The second kappa shape index (κ2) is 3.51. The zero-order valence-electron chi connectivity index (χ0n) is 6.14. The highest BCUT2D eigenvalue weighted by molar-refractivity contribution is 9.10. The van der Waals surface area contributed by atoms with Crippen LogP contribution in [0, 0.1) is 5.82 Å². The van der Waals surface area contributed by atoms with Gasteiger partial charge in [-0.05, 0) is 22.0 Å². The number of carboxylic acids is 1. The van der Waals surface area contributed by atoms with E-state index in [1.165, 1.54) is 6.07 Å². The maximum atomic E-state index is 13.2. The van der Waals surface area contributed by atoms with Gasteiger partial charge in [-0.1, -0.05) is 11.6 Å². The van der Waals surface area contributed by atoms with Crippen molar-refractivity contribution < 1.29 is 14.3 Å². The molecule has 0 unspecified atom stereocenters. The van der Waals surface area contributed by atoms with Crippen molar-refractivity contribution in [2.24, 2.45) is 0 Å². The molecule has 1 rings (SSSR count). The average molecular weight is 268 g/mol. The lowest BCUT2D eigenvalue weighted by atomic mass is 10.2. The number of carbonyl (C=O) groups is 1. The van der Waals surface area contributed by atoms with Crippen molar-refractivity contribution in [2.75, 3.05) is 5.73 Å². The fourth-order valence-corrected chi connectivity index (χ4v) is 1.40. The summed E-state index contributed by atoms with van der Waals surface area (Å²) >= 11 is 8.39. The maximum absolute atomic E-state index is 13.2. The van der Waals surface area contributed by atoms with Gasteiger partial charge in [-0.2, -0.15) is 0 Å². The van der Waals surface area contributed by atoms with Crippen molar-refractivity contribution in [1.82, 2.24) is 0 Å². The molecule has 0 heterocycles. The summed E-state index contributed by atoms with van der Waals surface area (Å²) in [5.41, 5.74) is 4.51. The summed E-state index contributed by atoms with van der Waals surface area (Å²) in [6.07, 6.45) is 0. The Morgan fingerprint density at radius 2 is 2.23 bits per heavy atom. The van der Waals surface area contributed by atoms with Gasteiger partial charge in [-0.3, -0.25) is 0 Å². The van der Waals surface area contributed by atoms with Crippen LogP contribution in [0.4, 0.5) is 10.1 Å². The molecule has 1 aromatic rings. The molecule has 0 amide bonds. The number of aromatic carboxylic acids is 1. The fourth-order valence-electron chi connectivity index (χ4n) is 0.831. The highest BCUT2D eigenvalue weighted by atomic mass is 79.9. The summed E-state index contributed by atoms with van der Waals surface area (Å²) in [4.78, 5) is 10.5. The van der Waals surface area contributed by atoms with Crippen molar-refractivity contribution in [3.63, 3.8) is 0 Å². The Morgan fingerprint density at radius 3 is 2.69 bits per heavy atom. The van der Waals surface area contributed by atoms with E-state index in [9.17, 15) is 9.18 Å². The van der Waals surface area contributed by atoms with Crippen LogP contribution in [0.1, 0.15) is 10.4 Å². The van der Waals surface area contributed by atoms with Crippen LogP contribution in [0.3, 0.4) is 0 Å². The quantitative estimate of drug-likeness (QED) is 0.607. The van der Waals surface area contributed by atoms with Crippen LogP contribution in [0.25, 0.3) is 0 Å². The minimum Gasteiger partial charge on any atom is -0.478 e. The van der Waals surface area contributed by atoms with Crippen LogP contribution >= 0.6 is 27.5 Å². The minimum atomic E-state index is -1.44. The van der Waals surface area contributed by atoms with Crippen molar-refractivity contribution in [1.29, 1.82) is 0 Å². The van der Waals surface area contributed by atoms with E-state index in [-0.39, 0.29) is 15.2 Å². The monoisotopic (exact) mass is 267 g/mol. The lowest BCUT2D eigenvalue weighted by Gasteiger charge is -2.05. The number of hydrogen-bond acceptors (Lipinski definition) is 2. The summed E-state index contributed by atoms with van der Waals surface area (Å²) in [7, 11) is 0. The molecule has 0 atom stereocenters. The number of nitrogens with two attached hydrogens (primary N) is 1. The third-order valence-electron chi connectivity index (χ3n) is 1.41. The van der Waals surface area contributed by atoms with Crippen LogP contribution in [0.15, 0.2) is 10.5 Å². The molecule has 0 fully saturated rings. The molecule has 0 spiro atoms. The highest BCUT2D eigenvalue weighted by Gasteiger charge is 2.19. The molecule has 0 saturated carbocycles. The summed E-state index contributed by atoms with van der Waals surface area (Å²) in [6.45, 7) is 0. The van der Waals surface area contributed by atoms with Gasteiger partial charge in [0.2, 0.25) is 0 Å². The van der Waals surface area contributed by atoms with E-state index in [1.807, 2.05) is 0 Å². The third kappa shape index (κ3) is 1.76. The van der Waals surface area contributed by atoms with Crippen LogP contribution in [0.5, 0.6) is 0 Å². The van der Waals surface area contributed by atoms with Crippen LogP contribution in [0.2, 0.25) is 5.02 Å². The highest BCUT2D eigenvalue weighted by Crippen LogP contribution is 2.31. The maximum Gasteiger partial charge on any atom is 0.340 e. The molecule has 0 aromatic heterocycles. The first-order chi connectivity index (χ1) is 5.95. The first-order valence-electron chi connectivity index (χ1n) is 3.11. The summed E-state index contributed by atoms with van der Waals surface area (Å²) in [6, 6.07) is 1.24. The number of rotatable bonds is 1. The zero-order valence-corrected chi connectivity index (χ0v) is 8.49. The van der Waals surface area contributed by atoms with Crippen LogP contribution in [-0.4, -0.2) is 11.1 Å². The third-order valence-corrected chi connectivity index (χ3v) is 2.63. The normalized spacial score (nSPS) is 10.1. The largest absolute Gasteiger partial charge is 0.478 e. The van der Waals surface area contributed by atoms with Crippen molar-refractivity contribution in [2.45, 2.75) is 0 Å². The molecule has 3 nitrogen and oxygen atoms in total. The first kappa shape index (κ1) is 10.3. The second-order valence-electron chi connectivity index (χ2n) is 2.26. The van der Waals surface area contributed by atoms with Crippen molar-refractivity contribution in [3.8, 4) is 0 Å². The summed E-state index contributed by atoms with van der Waals surface area (Å²) < 4.78 is 13.4. The smallest absolute Gasteiger partial charge is 0.340 e. The molecule has 0 aliphatic rings. The van der Waals surface area contributed by atoms with Gasteiger partial charge in [0.25, 0.3) is 0 Å². The number of anilines is 1. The molecule has 0 aliphatic carbocycles. The molecule has 0 saturated heterocycles. The van der Waals surface area contributed by atoms with E-state index in [0.717, 1.165) is 0 Å². The molecule has 70 valence electrons. The van der Waals surface area contributed by atoms with Gasteiger partial charge >= 0.3 is 5.97 Å². The first-order valence-corrected chi connectivity index (χ1v) is 4.28. The van der Waals surface area contributed by atoms with E-state index in [4.69, 9.17) is 22.4 Å². The summed E-state index contributed by atoms with van der Waals surface area (Å²) in [5.74, 6) is -2.47. The predicted octanol–water partition coefficient (Wildman–Crippen LogP) is 2.52. The molecular weight excluding hydrogens is 264 g/mol. The number of benzene rings is 1. The molecule has 1 aromatic carbocycles. The van der Waals surface area contributed by atoms with E-state index in [2.05, 4.69) is 15.9 Å². The van der Waals surface area contributed by atoms with Crippen molar-refractivity contribution in [3.05, 3.63) is 26.9 Å². The Morgan fingerprint density at radius 1 is 1.69 bits per heavy atom. The topological polar surface area (TPSA) is 63.3 Å². The average Bonchev–Trinajstić information content (AvgIpc) is 1.99. The number of hydrogen-bond donors (Lipinski definition) is 2. The molecule has 3 N–H and O–H groups in total. The van der Waals surface area contributed by atoms with Gasteiger partial charge in [0, 0.05) is 4.47 Å². The molecule has 6 heteroatoms. The SMILES string of the molecule is Nc1cc(Br)c(Cl)c(F)c1C(=O)O. The number of halogens is 3. The van der Waals surface area contributed by atoms with Gasteiger partial charge < -0.3 is 10.8 Å². The Balaban J connectivity index is 3.53. The Kier molecular flexibility index (Phi) is 2.77. The van der Waals surface area contributed by atoms with Gasteiger partial charge in [0.15, 0.2) is 5.82 Å². The van der Waals surface area contributed by atoms with E-state index in [0.29, 0.717) is 0 Å². The molecular formula is C7H4BrClFNO2. The van der Waals surface area contributed by atoms with Gasteiger partial charge in [-0.15, -0.1) is 0 Å². The Labute approximate surface area is 86.4 Å². The lowest BCUT2D eigenvalue weighted by molar-refractivity contribution is 0.0693. The Bertz CT molecular complexity index is 383. The predicted molar refractivity (Wildman–Crippen MR) is 50.5 cm³/mol. The van der Waals surface area contributed by atoms with Crippen molar-refractivity contribution >= 4 is 39.2 Å². The Hall–Kier alpha value is -0.810. The molecule has 0 aliphatic heterocycles. The van der Waals surface area contributed by atoms with E-state index < -0.39 is 17.3 Å².